The highest BCUT2D eigenvalue weighted by molar-refractivity contribution is 5.80. The van der Waals surface area contributed by atoms with Gasteiger partial charge in [-0.15, -0.1) is 0 Å². The van der Waals surface area contributed by atoms with E-state index in [2.05, 4.69) is 5.32 Å². The van der Waals surface area contributed by atoms with Gasteiger partial charge in [-0.25, -0.2) is 9.50 Å². The van der Waals surface area contributed by atoms with E-state index in [-0.39, 0.29) is 17.9 Å². The second-order valence-corrected chi connectivity index (χ2v) is 8.77. The van der Waals surface area contributed by atoms with Gasteiger partial charge in [0, 0.05) is 42.9 Å². The van der Waals surface area contributed by atoms with E-state index in [1.807, 2.05) is 36.3 Å². The van der Waals surface area contributed by atoms with Crippen molar-refractivity contribution in [3.63, 3.8) is 0 Å². The number of amides is 2. The van der Waals surface area contributed by atoms with Crippen LogP contribution in [-0.2, 0) is 16.0 Å². The van der Waals surface area contributed by atoms with Gasteiger partial charge in [0.15, 0.2) is 5.65 Å². The third kappa shape index (κ3) is 3.94. The topological polar surface area (TPSA) is 79.6 Å². The van der Waals surface area contributed by atoms with E-state index < -0.39 is 0 Å². The average Bonchev–Trinajstić information content (AvgIpc) is 3.31. The smallest absolute Gasteiger partial charge is 0.226 e. The largest absolute Gasteiger partial charge is 0.356 e. The fourth-order valence-electron chi connectivity index (χ4n) is 4.69. The Morgan fingerprint density at radius 1 is 1.20 bits per heavy atom. The van der Waals surface area contributed by atoms with Crippen molar-refractivity contribution in [2.45, 2.75) is 78.2 Å². The molecule has 0 radical (unpaired) electrons. The van der Waals surface area contributed by atoms with Gasteiger partial charge in [-0.2, -0.15) is 5.10 Å². The van der Waals surface area contributed by atoms with Crippen LogP contribution in [0.4, 0.5) is 0 Å². The molecule has 1 atom stereocenters. The van der Waals surface area contributed by atoms with Crippen molar-refractivity contribution < 1.29 is 9.59 Å². The van der Waals surface area contributed by atoms with Crippen LogP contribution in [0.1, 0.15) is 80.6 Å². The van der Waals surface area contributed by atoms with Gasteiger partial charge < -0.3 is 10.2 Å². The molecule has 30 heavy (non-hydrogen) atoms. The summed E-state index contributed by atoms with van der Waals surface area (Å²) in [5, 5.41) is 7.80. The van der Waals surface area contributed by atoms with Crippen molar-refractivity contribution in [2.75, 3.05) is 13.1 Å². The number of rotatable bonds is 7. The first-order valence-electron chi connectivity index (χ1n) is 11.4. The van der Waals surface area contributed by atoms with Gasteiger partial charge in [-0.1, -0.05) is 13.3 Å². The molecule has 2 amide bonds. The van der Waals surface area contributed by atoms with E-state index in [1.165, 1.54) is 6.42 Å². The van der Waals surface area contributed by atoms with Crippen molar-refractivity contribution in [1.29, 1.82) is 0 Å². The Balaban J connectivity index is 1.56. The molecule has 1 saturated carbocycles. The van der Waals surface area contributed by atoms with Crippen LogP contribution < -0.4 is 5.32 Å². The van der Waals surface area contributed by atoms with Gasteiger partial charge in [0.25, 0.3) is 0 Å². The van der Waals surface area contributed by atoms with Gasteiger partial charge in [0.1, 0.15) is 0 Å². The number of likely N-dealkylation sites (tertiary alicyclic amines) is 1. The number of nitrogens with one attached hydrogen (secondary N) is 1. The van der Waals surface area contributed by atoms with E-state index in [9.17, 15) is 9.59 Å². The summed E-state index contributed by atoms with van der Waals surface area (Å²) in [7, 11) is 0. The number of aryl methyl sites for hydroxylation is 2. The summed E-state index contributed by atoms with van der Waals surface area (Å²) < 4.78 is 1.89. The van der Waals surface area contributed by atoms with Crippen LogP contribution >= 0.6 is 0 Å². The van der Waals surface area contributed by atoms with Crippen LogP contribution in [0.2, 0.25) is 0 Å². The highest BCUT2D eigenvalue weighted by atomic mass is 16.2. The van der Waals surface area contributed by atoms with Crippen molar-refractivity contribution in [3.8, 4) is 0 Å². The van der Waals surface area contributed by atoms with E-state index in [4.69, 9.17) is 10.1 Å². The van der Waals surface area contributed by atoms with Crippen molar-refractivity contribution in [1.82, 2.24) is 24.8 Å². The van der Waals surface area contributed by atoms with Crippen molar-refractivity contribution >= 4 is 17.5 Å². The Labute approximate surface area is 178 Å². The summed E-state index contributed by atoms with van der Waals surface area (Å²) in [6.45, 7) is 7.64. The Hall–Kier alpha value is -2.44. The maximum atomic E-state index is 12.9. The van der Waals surface area contributed by atoms with Crippen LogP contribution in [0.5, 0.6) is 0 Å². The number of aromatic nitrogens is 3. The van der Waals surface area contributed by atoms with Gasteiger partial charge in [0.2, 0.25) is 11.8 Å². The number of carbonyl (C=O) groups is 2. The number of fused-ring (bicyclic) bond motifs is 1. The van der Waals surface area contributed by atoms with Gasteiger partial charge in [-0.3, -0.25) is 9.59 Å². The molecule has 1 aliphatic heterocycles. The number of nitrogens with zero attached hydrogens (tertiary/aromatic N) is 4. The van der Waals surface area contributed by atoms with Crippen molar-refractivity contribution in [2.24, 2.45) is 5.92 Å². The molecule has 2 aromatic rings. The third-order valence-corrected chi connectivity index (χ3v) is 6.69. The third-order valence-electron chi connectivity index (χ3n) is 6.69. The summed E-state index contributed by atoms with van der Waals surface area (Å²) in [4.78, 5) is 31.7. The monoisotopic (exact) mass is 411 g/mol. The molecule has 0 unspecified atom stereocenters. The Bertz CT molecular complexity index is 947. The SMILES string of the molecule is CCCNC(=O)CCc1c(C)nc2cc([C@@H]3CCCN3C(=O)C3CCC3)nn2c1C. The predicted molar refractivity (Wildman–Crippen MR) is 115 cm³/mol. The second-order valence-electron chi connectivity index (χ2n) is 8.77. The van der Waals surface area contributed by atoms with Crippen LogP contribution in [0, 0.1) is 19.8 Å². The van der Waals surface area contributed by atoms with E-state index in [0.29, 0.717) is 25.3 Å². The molecule has 4 rings (SSSR count). The number of hydrogen-bond acceptors (Lipinski definition) is 4. The molecular weight excluding hydrogens is 378 g/mol. The summed E-state index contributed by atoms with van der Waals surface area (Å²) >= 11 is 0. The molecule has 2 aliphatic rings. The molecule has 1 aliphatic carbocycles. The number of hydrogen-bond donors (Lipinski definition) is 1. The van der Waals surface area contributed by atoms with Gasteiger partial charge in [0.05, 0.1) is 11.7 Å². The molecule has 0 spiro atoms. The minimum absolute atomic E-state index is 0.0581. The molecule has 7 heteroatoms. The minimum atomic E-state index is 0.0581. The fraction of sp³-hybridized carbons (Fsp3) is 0.652. The Morgan fingerprint density at radius 3 is 2.70 bits per heavy atom. The lowest BCUT2D eigenvalue weighted by molar-refractivity contribution is -0.139. The normalized spacial score (nSPS) is 19.3. The second kappa shape index (κ2) is 8.74. The van der Waals surface area contributed by atoms with Crippen LogP contribution in [0.3, 0.4) is 0 Å². The Morgan fingerprint density at radius 2 is 2.00 bits per heavy atom. The summed E-state index contributed by atoms with van der Waals surface area (Å²) in [5.74, 6) is 0.601. The van der Waals surface area contributed by atoms with Crippen molar-refractivity contribution in [3.05, 3.63) is 28.7 Å². The predicted octanol–water partition coefficient (Wildman–Crippen LogP) is 3.27. The highest BCUT2D eigenvalue weighted by Gasteiger charge is 2.37. The standard InChI is InChI=1S/C23H33N5O2/c1-4-12-24-22(29)11-10-18-15(2)25-21-14-19(26-28(21)16(18)3)20-9-6-13-27(20)23(30)17-7-5-8-17/h14,17,20H,4-13H2,1-3H3,(H,24,29)/t20-/m0/s1. The van der Waals surface area contributed by atoms with E-state index in [1.54, 1.807) is 0 Å². The number of carbonyl (C=O) groups excluding carboxylic acids is 2. The molecule has 0 bridgehead atoms. The maximum Gasteiger partial charge on any atom is 0.226 e. The lowest BCUT2D eigenvalue weighted by Gasteiger charge is -2.32. The minimum Gasteiger partial charge on any atom is -0.356 e. The Kier molecular flexibility index (Phi) is 6.06. The first-order valence-corrected chi connectivity index (χ1v) is 11.4. The van der Waals surface area contributed by atoms with Crippen LogP contribution in [0.15, 0.2) is 6.07 Å². The molecule has 7 nitrogen and oxygen atoms in total. The fourth-order valence-corrected chi connectivity index (χ4v) is 4.69. The van der Waals surface area contributed by atoms with Gasteiger partial charge in [-0.05, 0) is 57.9 Å². The van der Waals surface area contributed by atoms with Crippen LogP contribution in [0.25, 0.3) is 5.65 Å². The maximum absolute atomic E-state index is 12.9. The first-order chi connectivity index (χ1) is 14.5. The quantitative estimate of drug-likeness (QED) is 0.758. The molecule has 1 saturated heterocycles. The zero-order chi connectivity index (χ0) is 21.3. The molecule has 0 aromatic carbocycles. The zero-order valence-corrected chi connectivity index (χ0v) is 18.4. The molecule has 2 fully saturated rings. The van der Waals surface area contributed by atoms with Gasteiger partial charge >= 0.3 is 0 Å². The molecule has 1 N–H and O–H groups in total. The summed E-state index contributed by atoms with van der Waals surface area (Å²) in [6.07, 6.45) is 7.27. The molecule has 2 aromatic heterocycles. The average molecular weight is 412 g/mol. The molecule has 162 valence electrons. The lowest BCUT2D eigenvalue weighted by atomic mass is 9.84. The summed E-state index contributed by atoms with van der Waals surface area (Å²) in [5.41, 5.74) is 4.82. The highest BCUT2D eigenvalue weighted by Crippen LogP contribution is 2.37. The zero-order valence-electron chi connectivity index (χ0n) is 18.4. The molecule has 3 heterocycles. The lowest BCUT2D eigenvalue weighted by Crippen LogP contribution is -2.38. The van der Waals surface area contributed by atoms with E-state index in [0.717, 1.165) is 66.9 Å². The summed E-state index contributed by atoms with van der Waals surface area (Å²) in [6, 6.07) is 2.09. The first kappa shape index (κ1) is 20.8. The van der Waals surface area contributed by atoms with E-state index >= 15 is 0 Å². The molecular formula is C23H33N5O2. The van der Waals surface area contributed by atoms with Crippen LogP contribution in [-0.4, -0.2) is 44.4 Å².